The summed E-state index contributed by atoms with van der Waals surface area (Å²) >= 11 is 0. The number of benzene rings is 1. The number of hydrogen-bond donors (Lipinski definition) is 7. The first-order chi connectivity index (χ1) is 18.5. The van der Waals surface area contributed by atoms with Crippen molar-refractivity contribution >= 4 is 52.1 Å². The average molecular weight is 627 g/mol. The van der Waals surface area contributed by atoms with E-state index in [1.165, 1.54) is 29.4 Å². The van der Waals surface area contributed by atoms with Crippen molar-refractivity contribution in [2.24, 2.45) is 0 Å². The van der Waals surface area contributed by atoms with Crippen molar-refractivity contribution in [3.8, 4) is 0 Å². The van der Waals surface area contributed by atoms with Gasteiger partial charge in [0.2, 0.25) is 0 Å². The van der Waals surface area contributed by atoms with Crippen LogP contribution in [0, 0.1) is 0 Å². The summed E-state index contributed by atoms with van der Waals surface area (Å²) < 4.78 is 52.3. The van der Waals surface area contributed by atoms with E-state index in [0.29, 0.717) is 11.2 Å². The van der Waals surface area contributed by atoms with E-state index >= 15 is 0 Å². The molecule has 9 N–H and O–H groups in total. The molecule has 2 aromatic heterocycles. The fourth-order valence-corrected chi connectivity index (χ4v) is 6.30. The number of carboxylic acid groups (broad SMARTS) is 1. The van der Waals surface area contributed by atoms with Crippen molar-refractivity contribution in [3.05, 3.63) is 42.5 Å². The summed E-state index contributed by atoms with van der Waals surface area (Å²) in [6.07, 6.45) is -0.643. The number of hydrogen-bond acceptors (Lipinski definition) is 15. The van der Waals surface area contributed by atoms with Gasteiger partial charge < -0.3 is 50.8 Å². The van der Waals surface area contributed by atoms with Gasteiger partial charge in [0.05, 0.1) is 25.0 Å². The lowest BCUT2D eigenvalue weighted by Gasteiger charge is -2.19. The smallest absolute Gasteiger partial charge is 0.490 e. The second-order valence-corrected chi connectivity index (χ2v) is 12.2. The fraction of sp³-hybridized carbons (Fsp3) is 0.294. The van der Waals surface area contributed by atoms with Crippen LogP contribution in [0.25, 0.3) is 11.2 Å². The minimum absolute atomic E-state index is 0.000206. The summed E-state index contributed by atoms with van der Waals surface area (Å²) in [6.45, 7) is -0.787. The molecule has 0 bridgehead atoms. The van der Waals surface area contributed by atoms with Gasteiger partial charge in [0, 0.05) is 17.7 Å². The van der Waals surface area contributed by atoms with E-state index < -0.39 is 54.5 Å². The first-order valence-corrected chi connectivity index (χ1v) is 15.1. The van der Waals surface area contributed by atoms with E-state index in [1.54, 1.807) is 12.1 Å². The lowest BCUT2D eigenvalue weighted by atomic mass is 10.2. The number of aromatic carboxylic acids is 1. The molecule has 1 fully saturated rings. The van der Waals surface area contributed by atoms with Gasteiger partial charge in [-0.3, -0.25) is 9.09 Å². The highest BCUT2D eigenvalue weighted by Crippen LogP contribution is 2.66. The van der Waals surface area contributed by atoms with Crippen LogP contribution in [0.3, 0.4) is 0 Å². The number of phosphoric acid groups is 3. The Morgan fingerprint density at radius 3 is 2.35 bits per heavy atom. The number of fused-ring (bicyclic) bond motifs is 1. The van der Waals surface area contributed by atoms with Gasteiger partial charge in [-0.15, -0.1) is 0 Å². The topological polar surface area (TPSA) is 325 Å². The van der Waals surface area contributed by atoms with Gasteiger partial charge >= 0.3 is 23.5 Å². The molecule has 0 amide bonds. The quantitative estimate of drug-likeness (QED) is 0.111. The van der Waals surface area contributed by atoms with Gasteiger partial charge in [-0.25, -0.2) is 28.6 Å². The monoisotopic (exact) mass is 627 g/mol. The molecule has 3 aromatic rings. The number of imidazole rings is 1. The number of anilines is 2. The highest BCUT2D eigenvalue weighted by molar-refractivity contribution is 7.66. The Morgan fingerprint density at radius 2 is 1.75 bits per heavy atom. The molecule has 3 heterocycles. The van der Waals surface area contributed by atoms with Crippen LogP contribution in [-0.4, -0.2) is 69.0 Å². The lowest BCUT2D eigenvalue weighted by Crippen LogP contribution is -2.26. The molecule has 0 aliphatic carbocycles. The fourth-order valence-electron chi connectivity index (χ4n) is 3.27. The van der Waals surface area contributed by atoms with Crippen LogP contribution in [0.5, 0.6) is 0 Å². The largest absolute Gasteiger partial charge is 0.545 e. The summed E-state index contributed by atoms with van der Waals surface area (Å²) in [5.74, 6) is -1.11. The molecular formula is C17H22N6O14P3-. The number of carbonyl (C=O) groups is 1. The summed E-state index contributed by atoms with van der Waals surface area (Å²) in [4.78, 5) is 57.7. The number of rotatable bonds is 9. The van der Waals surface area contributed by atoms with Crippen molar-refractivity contribution < 1.29 is 66.2 Å². The number of carboxylic acids is 1. The van der Waals surface area contributed by atoms with Crippen molar-refractivity contribution in [2.75, 3.05) is 18.1 Å². The first-order valence-electron chi connectivity index (χ1n) is 10.6. The third-order valence-electron chi connectivity index (χ3n) is 4.90. The molecule has 4 rings (SSSR count). The van der Waals surface area contributed by atoms with E-state index in [2.05, 4.69) is 28.1 Å². The van der Waals surface area contributed by atoms with E-state index in [0.717, 1.165) is 0 Å². The minimum atomic E-state index is -5.64. The Labute approximate surface area is 223 Å². The SMILES string of the molecule is Nc1ccccc1C(=O)[O-].Nc1ncnc2c1ncn2[C@H]1C[C@H](O)[C@@H](COP(=O)(O)OP(=O)(O)OP(=O)(O)O)O1. The second-order valence-electron chi connectivity index (χ2n) is 7.78. The van der Waals surface area contributed by atoms with Gasteiger partial charge in [-0.05, 0) is 6.07 Å². The first kappa shape index (κ1) is 31.7. The summed E-state index contributed by atoms with van der Waals surface area (Å²) in [5.41, 5.74) is 11.9. The van der Waals surface area contributed by atoms with Crippen molar-refractivity contribution in [3.63, 3.8) is 0 Å². The van der Waals surface area contributed by atoms with Crippen molar-refractivity contribution in [1.82, 2.24) is 19.5 Å². The number of nitrogens with zero attached hydrogens (tertiary/aromatic N) is 4. The Hall–Kier alpha value is -2.83. The third kappa shape index (κ3) is 8.58. The minimum Gasteiger partial charge on any atom is -0.545 e. The number of carbonyl (C=O) groups excluding carboxylic acids is 1. The standard InChI is InChI=1S/C10H16N5O12P3.C7H7NO2/c11-9-8-10(13-3-12-9)15(4-14-8)7-1-5(16)6(25-7)2-24-29(20,21)27-30(22,23)26-28(17,18)19;8-6-4-2-1-3-5(6)7(9)10/h3-7,16H,1-2H2,(H,20,21)(H,22,23)(H2,11,12,13)(H2,17,18,19);1-4H,8H2,(H,9,10)/p-1/t5-,6+,7+;/m0./s1. The Morgan fingerprint density at radius 1 is 1.07 bits per heavy atom. The third-order valence-corrected chi connectivity index (χ3v) is 8.70. The second kappa shape index (κ2) is 12.4. The van der Waals surface area contributed by atoms with Crippen LogP contribution in [0.2, 0.25) is 0 Å². The molecule has 0 radical (unpaired) electrons. The van der Waals surface area contributed by atoms with Crippen LogP contribution < -0.4 is 16.6 Å². The maximum absolute atomic E-state index is 11.8. The summed E-state index contributed by atoms with van der Waals surface area (Å²) in [5, 5.41) is 20.4. The van der Waals surface area contributed by atoms with Gasteiger partial charge in [-0.2, -0.15) is 8.62 Å². The Kier molecular flexibility index (Phi) is 9.79. The number of nitrogen functional groups attached to an aromatic ring is 2. The van der Waals surface area contributed by atoms with Gasteiger partial charge in [0.15, 0.2) is 11.5 Å². The lowest BCUT2D eigenvalue weighted by molar-refractivity contribution is -0.254. The molecule has 40 heavy (non-hydrogen) atoms. The molecule has 0 saturated carbocycles. The van der Waals surface area contributed by atoms with Crippen LogP contribution in [-0.2, 0) is 31.6 Å². The molecule has 1 saturated heterocycles. The number of ether oxygens (including phenoxy) is 1. The molecule has 1 aromatic carbocycles. The normalized spacial score (nSPS) is 22.2. The average Bonchev–Trinajstić information content (AvgIpc) is 3.40. The molecule has 2 unspecified atom stereocenters. The Balaban J connectivity index is 0.000000371. The molecule has 5 atom stereocenters. The van der Waals surface area contributed by atoms with Crippen molar-refractivity contribution in [1.29, 1.82) is 0 Å². The number of nitrogens with two attached hydrogens (primary N) is 2. The highest BCUT2D eigenvalue weighted by atomic mass is 31.3. The molecule has 0 spiro atoms. The van der Waals surface area contributed by atoms with E-state index in [1.807, 2.05) is 0 Å². The van der Waals surface area contributed by atoms with Crippen LogP contribution in [0.4, 0.5) is 11.5 Å². The number of aromatic nitrogens is 4. The molecule has 20 nitrogen and oxygen atoms in total. The van der Waals surface area contributed by atoms with Crippen LogP contribution in [0.15, 0.2) is 36.9 Å². The number of para-hydroxylation sites is 1. The summed E-state index contributed by atoms with van der Waals surface area (Å²) in [6, 6.07) is 6.19. The zero-order valence-corrected chi connectivity index (χ0v) is 22.5. The summed E-state index contributed by atoms with van der Waals surface area (Å²) in [7, 11) is -16.5. The maximum Gasteiger partial charge on any atom is 0.490 e. The van der Waals surface area contributed by atoms with E-state index in [4.69, 9.17) is 30.9 Å². The molecule has 1 aliphatic rings. The number of aliphatic hydroxyl groups excluding tert-OH is 1. The molecule has 23 heteroatoms. The zero-order chi connectivity index (χ0) is 29.9. The molecular weight excluding hydrogens is 605 g/mol. The van der Waals surface area contributed by atoms with Gasteiger partial charge in [0.25, 0.3) is 0 Å². The van der Waals surface area contributed by atoms with Gasteiger partial charge in [0.1, 0.15) is 24.2 Å². The number of phosphoric ester groups is 1. The predicted octanol–water partition coefficient (Wildman–Crippen LogP) is -0.967. The molecule has 1 aliphatic heterocycles. The van der Waals surface area contributed by atoms with Crippen LogP contribution >= 0.6 is 23.5 Å². The maximum atomic E-state index is 11.8. The van der Waals surface area contributed by atoms with Crippen molar-refractivity contribution in [2.45, 2.75) is 24.9 Å². The number of aliphatic hydroxyl groups is 1. The Bertz CT molecular complexity index is 1510. The van der Waals surface area contributed by atoms with E-state index in [9.17, 15) is 33.6 Å². The highest BCUT2D eigenvalue weighted by Gasteiger charge is 2.43. The molecule has 220 valence electrons. The van der Waals surface area contributed by atoms with Crippen LogP contribution in [0.1, 0.15) is 23.0 Å². The van der Waals surface area contributed by atoms with E-state index in [-0.39, 0.29) is 23.5 Å². The van der Waals surface area contributed by atoms with Gasteiger partial charge in [-0.1, -0.05) is 18.2 Å². The zero-order valence-electron chi connectivity index (χ0n) is 19.8. The predicted molar refractivity (Wildman–Crippen MR) is 129 cm³/mol.